The molecule has 1 aromatic rings. The molecule has 1 aromatic heterocycles. The number of thiophene rings is 1. The summed E-state index contributed by atoms with van der Waals surface area (Å²) in [5.74, 6) is -1.01. The van der Waals surface area contributed by atoms with Gasteiger partial charge in [-0.3, -0.25) is 9.59 Å². The Balaban J connectivity index is 2.86. The van der Waals surface area contributed by atoms with E-state index in [0.29, 0.717) is 12.0 Å². The molecule has 98 valence electrons. The number of carbonyl (C=O) groups excluding carboxylic acids is 1. The number of hydrogen-bond acceptors (Lipinski definition) is 3. The lowest BCUT2D eigenvalue weighted by molar-refractivity contribution is -0.137. The number of rotatable bonds is 7. The van der Waals surface area contributed by atoms with Gasteiger partial charge in [-0.15, -0.1) is 11.3 Å². The Hall–Kier alpha value is -1.42. The van der Waals surface area contributed by atoms with E-state index in [9.17, 15) is 9.59 Å². The molecular weight excluding hydrogens is 248 g/mol. The average Bonchev–Trinajstić information content (AvgIpc) is 2.70. The minimum absolute atomic E-state index is 0.0506. The van der Waals surface area contributed by atoms with Crippen molar-refractivity contribution < 1.29 is 14.7 Å². The van der Waals surface area contributed by atoms with Crippen LogP contribution < -0.4 is 0 Å². The van der Waals surface area contributed by atoms with Crippen molar-refractivity contribution in [2.45, 2.75) is 39.5 Å². The summed E-state index contributed by atoms with van der Waals surface area (Å²) in [6, 6.07) is 3.88. The number of carbonyl (C=O) groups is 2. The van der Waals surface area contributed by atoms with E-state index in [2.05, 4.69) is 0 Å². The van der Waals surface area contributed by atoms with Crippen LogP contribution in [0.25, 0.3) is 6.08 Å². The molecule has 3 nitrogen and oxygen atoms in total. The van der Waals surface area contributed by atoms with E-state index in [1.54, 1.807) is 17.4 Å². The first-order valence-corrected chi connectivity index (χ1v) is 6.86. The first-order chi connectivity index (χ1) is 8.52. The number of Topliss-reactive ketones (excluding diaryl/α,β-unsaturated/α-hetero) is 1. The number of unbranched alkanes of at least 4 members (excludes halogenated alkanes) is 1. The molecule has 1 heterocycles. The second-order valence-corrected chi connectivity index (χ2v) is 5.53. The highest BCUT2D eigenvalue weighted by Gasteiger charge is 2.13. The molecule has 0 atom stereocenters. The Morgan fingerprint density at radius 2 is 2.11 bits per heavy atom. The molecule has 0 spiro atoms. The fourth-order valence-corrected chi connectivity index (χ4v) is 2.44. The third kappa shape index (κ3) is 4.84. The van der Waals surface area contributed by atoms with Crippen LogP contribution in [-0.2, 0) is 9.59 Å². The lowest BCUT2D eigenvalue weighted by Gasteiger charge is -2.03. The summed E-state index contributed by atoms with van der Waals surface area (Å²) in [5, 5.41) is 8.85. The van der Waals surface area contributed by atoms with Crippen molar-refractivity contribution in [3.8, 4) is 0 Å². The minimum Gasteiger partial charge on any atom is -0.481 e. The SMILES string of the molecule is CCCCC(=O)/C(=C/c1ccc(C)s1)CC(=O)O. The van der Waals surface area contributed by atoms with Gasteiger partial charge in [-0.1, -0.05) is 13.3 Å². The number of aryl methyl sites for hydroxylation is 1. The van der Waals surface area contributed by atoms with Gasteiger partial charge in [0.05, 0.1) is 6.42 Å². The summed E-state index contributed by atoms with van der Waals surface area (Å²) in [6.45, 7) is 3.99. The van der Waals surface area contributed by atoms with Crippen LogP contribution in [0, 0.1) is 6.92 Å². The molecule has 0 aromatic carbocycles. The van der Waals surface area contributed by atoms with Crippen molar-refractivity contribution in [3.63, 3.8) is 0 Å². The van der Waals surface area contributed by atoms with Gasteiger partial charge in [0.1, 0.15) is 0 Å². The van der Waals surface area contributed by atoms with E-state index in [0.717, 1.165) is 22.6 Å². The van der Waals surface area contributed by atoms with Gasteiger partial charge in [-0.05, 0) is 31.6 Å². The normalized spacial score (nSPS) is 11.6. The maximum atomic E-state index is 11.9. The van der Waals surface area contributed by atoms with Crippen LogP contribution in [0.5, 0.6) is 0 Å². The minimum atomic E-state index is -0.959. The predicted octanol–water partition coefficient (Wildman–Crippen LogP) is 3.67. The summed E-state index contributed by atoms with van der Waals surface area (Å²) in [5.41, 5.74) is 0.401. The molecule has 0 aliphatic heterocycles. The fourth-order valence-electron chi connectivity index (χ4n) is 1.59. The van der Waals surface area contributed by atoms with Crippen LogP contribution in [0.15, 0.2) is 17.7 Å². The molecule has 18 heavy (non-hydrogen) atoms. The van der Waals surface area contributed by atoms with Gasteiger partial charge < -0.3 is 5.11 Å². The molecular formula is C14H18O3S. The molecule has 0 saturated carbocycles. The smallest absolute Gasteiger partial charge is 0.307 e. The largest absolute Gasteiger partial charge is 0.481 e. The number of carboxylic acid groups (broad SMARTS) is 1. The molecule has 1 rings (SSSR count). The highest BCUT2D eigenvalue weighted by Crippen LogP contribution is 2.21. The van der Waals surface area contributed by atoms with Gasteiger partial charge in [0.25, 0.3) is 0 Å². The Kier molecular flexibility index (Phi) is 5.78. The first-order valence-electron chi connectivity index (χ1n) is 6.05. The van der Waals surface area contributed by atoms with E-state index in [1.165, 1.54) is 0 Å². The first kappa shape index (κ1) is 14.6. The number of ketones is 1. The number of aliphatic carboxylic acids is 1. The topological polar surface area (TPSA) is 54.4 Å². The Morgan fingerprint density at radius 3 is 2.61 bits per heavy atom. The molecule has 0 aliphatic rings. The van der Waals surface area contributed by atoms with Gasteiger partial charge in [0.2, 0.25) is 0 Å². The average molecular weight is 266 g/mol. The molecule has 0 aliphatic carbocycles. The molecule has 0 amide bonds. The maximum absolute atomic E-state index is 11.9. The van der Waals surface area contributed by atoms with Crippen molar-refractivity contribution in [1.29, 1.82) is 0 Å². The summed E-state index contributed by atoms with van der Waals surface area (Å²) >= 11 is 1.56. The van der Waals surface area contributed by atoms with Crippen molar-refractivity contribution in [1.82, 2.24) is 0 Å². The van der Waals surface area contributed by atoms with Gasteiger partial charge in [0, 0.05) is 21.7 Å². The zero-order valence-corrected chi connectivity index (χ0v) is 11.5. The van der Waals surface area contributed by atoms with Crippen molar-refractivity contribution in [2.75, 3.05) is 0 Å². The molecule has 1 N–H and O–H groups in total. The fraction of sp³-hybridized carbons (Fsp3) is 0.429. The Labute approximate surface area is 111 Å². The summed E-state index contributed by atoms with van der Waals surface area (Å²) in [6.07, 6.45) is 3.69. The third-order valence-electron chi connectivity index (χ3n) is 2.53. The molecule has 0 unspecified atom stereocenters. The number of carboxylic acids is 1. The van der Waals surface area contributed by atoms with E-state index < -0.39 is 5.97 Å². The van der Waals surface area contributed by atoms with Crippen LogP contribution in [0.3, 0.4) is 0 Å². The monoisotopic (exact) mass is 266 g/mol. The molecule has 0 bridgehead atoms. The zero-order chi connectivity index (χ0) is 13.5. The summed E-state index contributed by atoms with van der Waals surface area (Å²) in [7, 11) is 0. The highest BCUT2D eigenvalue weighted by molar-refractivity contribution is 7.12. The van der Waals surface area contributed by atoms with Crippen LogP contribution >= 0.6 is 11.3 Å². The Morgan fingerprint density at radius 1 is 1.39 bits per heavy atom. The summed E-state index contributed by atoms with van der Waals surface area (Å²) in [4.78, 5) is 24.8. The van der Waals surface area contributed by atoms with Crippen molar-refractivity contribution in [2.24, 2.45) is 0 Å². The van der Waals surface area contributed by atoms with Crippen LogP contribution in [0.1, 0.15) is 42.4 Å². The summed E-state index contributed by atoms with van der Waals surface area (Å²) < 4.78 is 0. The Bertz CT molecular complexity index is 457. The van der Waals surface area contributed by atoms with Gasteiger partial charge >= 0.3 is 5.97 Å². The van der Waals surface area contributed by atoms with Crippen molar-refractivity contribution in [3.05, 3.63) is 27.5 Å². The van der Waals surface area contributed by atoms with Crippen LogP contribution in [0.2, 0.25) is 0 Å². The van der Waals surface area contributed by atoms with E-state index in [4.69, 9.17) is 5.11 Å². The van der Waals surface area contributed by atoms with E-state index in [1.807, 2.05) is 26.0 Å². The quantitative estimate of drug-likeness (QED) is 0.766. The van der Waals surface area contributed by atoms with Crippen molar-refractivity contribution >= 4 is 29.2 Å². The molecule has 0 saturated heterocycles. The molecule has 0 fully saturated rings. The van der Waals surface area contributed by atoms with E-state index in [-0.39, 0.29) is 12.2 Å². The zero-order valence-electron chi connectivity index (χ0n) is 10.7. The van der Waals surface area contributed by atoms with Crippen LogP contribution in [0.4, 0.5) is 0 Å². The second-order valence-electron chi connectivity index (χ2n) is 4.22. The molecule has 0 radical (unpaired) electrons. The second kappa shape index (κ2) is 7.11. The number of hydrogen-bond donors (Lipinski definition) is 1. The molecule has 4 heteroatoms. The van der Waals surface area contributed by atoms with Gasteiger partial charge in [-0.2, -0.15) is 0 Å². The van der Waals surface area contributed by atoms with Crippen LogP contribution in [-0.4, -0.2) is 16.9 Å². The maximum Gasteiger partial charge on any atom is 0.307 e. The lowest BCUT2D eigenvalue weighted by Crippen LogP contribution is -2.07. The standard InChI is InChI=1S/C14H18O3S/c1-3-4-5-13(15)11(9-14(16)17)8-12-7-6-10(2)18-12/h6-8H,3-5,9H2,1-2H3,(H,16,17)/b11-8+. The highest BCUT2D eigenvalue weighted by atomic mass is 32.1. The third-order valence-corrected chi connectivity index (χ3v) is 3.48. The lowest BCUT2D eigenvalue weighted by atomic mass is 10.0. The van der Waals surface area contributed by atoms with Gasteiger partial charge in [0.15, 0.2) is 5.78 Å². The van der Waals surface area contributed by atoms with E-state index >= 15 is 0 Å². The predicted molar refractivity (Wildman–Crippen MR) is 73.8 cm³/mol. The van der Waals surface area contributed by atoms with Gasteiger partial charge in [-0.25, -0.2) is 0 Å².